The molecule has 1 N–H and O–H groups in total. The third-order valence-electron chi connectivity index (χ3n) is 2.71. The van der Waals surface area contributed by atoms with Crippen molar-refractivity contribution in [3.63, 3.8) is 0 Å². The van der Waals surface area contributed by atoms with Crippen LogP contribution in [0, 0.1) is 0 Å². The van der Waals surface area contributed by atoms with Crippen molar-refractivity contribution in [3.8, 4) is 0 Å². The van der Waals surface area contributed by atoms with Crippen molar-refractivity contribution in [3.05, 3.63) is 54.0 Å². The maximum Gasteiger partial charge on any atom is 0.197 e. The lowest BCUT2D eigenvalue weighted by Gasteiger charge is -2.05. The zero-order chi connectivity index (χ0) is 11.7. The van der Waals surface area contributed by atoms with Crippen LogP contribution in [0.15, 0.2) is 48.4 Å². The summed E-state index contributed by atoms with van der Waals surface area (Å²) in [5.74, 6) is 0. The summed E-state index contributed by atoms with van der Waals surface area (Å²) in [6.07, 6.45) is 4.44. The van der Waals surface area contributed by atoms with Gasteiger partial charge >= 0.3 is 0 Å². The summed E-state index contributed by atoms with van der Waals surface area (Å²) in [5, 5.41) is 8.89. The Morgan fingerprint density at radius 3 is 2.94 bits per heavy atom. The van der Waals surface area contributed by atoms with Crippen LogP contribution in [-0.2, 0) is 6.42 Å². The summed E-state index contributed by atoms with van der Waals surface area (Å²) in [6.45, 7) is 0. The Morgan fingerprint density at radius 1 is 1.18 bits per heavy atom. The van der Waals surface area contributed by atoms with Gasteiger partial charge in [-0.15, -0.1) is 0 Å². The van der Waals surface area contributed by atoms with Gasteiger partial charge in [0.25, 0.3) is 0 Å². The fourth-order valence-electron chi connectivity index (χ4n) is 1.95. The molecule has 1 aliphatic rings. The van der Waals surface area contributed by atoms with E-state index in [1.807, 2.05) is 30.6 Å². The number of hydrogen-bond acceptors (Lipinski definition) is 2. The van der Waals surface area contributed by atoms with E-state index in [2.05, 4.69) is 27.8 Å². The van der Waals surface area contributed by atoms with Crippen molar-refractivity contribution in [2.24, 2.45) is 0 Å². The number of rotatable bonds is 2. The van der Waals surface area contributed by atoms with Gasteiger partial charge in [-0.25, -0.2) is 5.32 Å². The lowest BCUT2D eigenvalue weighted by atomic mass is 10.0. The van der Waals surface area contributed by atoms with E-state index < -0.39 is 0 Å². The second kappa shape index (κ2) is 4.14. The fourth-order valence-corrected chi connectivity index (χ4v) is 2.12. The van der Waals surface area contributed by atoms with Gasteiger partial charge in [-0.1, -0.05) is 18.2 Å². The highest BCUT2D eigenvalue weighted by molar-refractivity contribution is 7.80. The first-order valence-electron chi connectivity index (χ1n) is 5.37. The minimum absolute atomic E-state index is 0.540. The summed E-state index contributed by atoms with van der Waals surface area (Å²) in [7, 11) is 0. The normalized spacial score (nSPS) is 14.4. The minimum atomic E-state index is 0.540. The molecule has 0 atom stereocenters. The highest BCUT2D eigenvalue weighted by atomic mass is 32.1. The predicted octanol–water partition coefficient (Wildman–Crippen LogP) is 2.11. The summed E-state index contributed by atoms with van der Waals surface area (Å²) in [5.41, 5.74) is 3.20. The van der Waals surface area contributed by atoms with Gasteiger partial charge in [0, 0.05) is 24.2 Å². The molecule has 2 aromatic rings. The highest BCUT2D eigenvalue weighted by Crippen LogP contribution is 2.19. The molecule has 4 heteroatoms. The standard InChI is InChI=1S/C13H10N3S/c17-13-15-8-10(16-13)7-9-3-1-5-12-11(9)4-2-6-14-12/h1-6,8H,7H2,(H,15,17). The Hall–Kier alpha value is -1.94. The largest absolute Gasteiger partial charge is 0.336 e. The van der Waals surface area contributed by atoms with Crippen LogP contribution in [0.2, 0.25) is 0 Å². The number of fused-ring (bicyclic) bond motifs is 1. The first-order valence-corrected chi connectivity index (χ1v) is 5.78. The Balaban J connectivity index is 1.98. The van der Waals surface area contributed by atoms with E-state index in [0.717, 1.165) is 17.6 Å². The predicted molar refractivity (Wildman–Crippen MR) is 71.4 cm³/mol. The highest BCUT2D eigenvalue weighted by Gasteiger charge is 2.12. The van der Waals surface area contributed by atoms with Gasteiger partial charge in [0.1, 0.15) is 0 Å². The second-order valence-corrected chi connectivity index (χ2v) is 4.25. The minimum Gasteiger partial charge on any atom is -0.336 e. The third-order valence-corrected chi connectivity index (χ3v) is 2.92. The number of pyridine rings is 1. The molecule has 0 saturated heterocycles. The van der Waals surface area contributed by atoms with Crippen molar-refractivity contribution in [1.82, 2.24) is 15.6 Å². The number of allylic oxidation sites excluding steroid dienone is 1. The first-order chi connectivity index (χ1) is 8.33. The molecule has 0 spiro atoms. The number of benzene rings is 1. The SMILES string of the molecule is S=C1[N]C(Cc2cccc3ncccc23)=CN1. The molecule has 0 bridgehead atoms. The molecule has 0 saturated carbocycles. The molecule has 83 valence electrons. The van der Waals surface area contributed by atoms with Crippen LogP contribution in [-0.4, -0.2) is 10.1 Å². The molecular weight excluding hydrogens is 230 g/mol. The molecule has 1 aliphatic heterocycles. The number of nitrogens with zero attached hydrogens (tertiary/aromatic N) is 2. The monoisotopic (exact) mass is 240 g/mol. The topological polar surface area (TPSA) is 39.0 Å². The van der Waals surface area contributed by atoms with Crippen molar-refractivity contribution >= 4 is 28.2 Å². The Labute approximate surface area is 105 Å². The lowest BCUT2D eigenvalue weighted by molar-refractivity contribution is 1.04. The van der Waals surface area contributed by atoms with E-state index in [9.17, 15) is 0 Å². The molecule has 1 radical (unpaired) electrons. The third kappa shape index (κ3) is 1.99. The van der Waals surface area contributed by atoms with E-state index in [4.69, 9.17) is 12.2 Å². The van der Waals surface area contributed by atoms with Crippen LogP contribution < -0.4 is 10.6 Å². The average molecular weight is 240 g/mol. The molecule has 0 amide bonds. The van der Waals surface area contributed by atoms with Crippen molar-refractivity contribution in [2.45, 2.75) is 6.42 Å². The van der Waals surface area contributed by atoms with E-state index in [0.29, 0.717) is 5.11 Å². The number of hydrogen-bond donors (Lipinski definition) is 1. The molecule has 0 fully saturated rings. The summed E-state index contributed by atoms with van der Waals surface area (Å²) in [4.78, 5) is 4.34. The lowest BCUT2D eigenvalue weighted by Crippen LogP contribution is -2.16. The number of nitrogens with one attached hydrogen (secondary N) is 1. The van der Waals surface area contributed by atoms with Gasteiger partial charge in [-0.05, 0) is 29.9 Å². The zero-order valence-corrected chi connectivity index (χ0v) is 9.87. The molecule has 17 heavy (non-hydrogen) atoms. The zero-order valence-electron chi connectivity index (χ0n) is 9.05. The summed E-state index contributed by atoms with van der Waals surface area (Å²) >= 11 is 4.97. The van der Waals surface area contributed by atoms with Crippen LogP contribution in [0.3, 0.4) is 0 Å². The molecule has 0 aliphatic carbocycles. The first kappa shape index (κ1) is 10.2. The summed E-state index contributed by atoms with van der Waals surface area (Å²) in [6, 6.07) is 10.2. The molecule has 3 nitrogen and oxygen atoms in total. The van der Waals surface area contributed by atoms with Crippen LogP contribution in [0.5, 0.6) is 0 Å². The Morgan fingerprint density at radius 2 is 2.12 bits per heavy atom. The Bertz CT molecular complexity index is 614. The maximum atomic E-state index is 4.97. The molecule has 3 rings (SSSR count). The van der Waals surface area contributed by atoms with Crippen molar-refractivity contribution in [1.29, 1.82) is 0 Å². The molecule has 2 heterocycles. The van der Waals surface area contributed by atoms with Crippen molar-refractivity contribution in [2.75, 3.05) is 0 Å². The van der Waals surface area contributed by atoms with Gasteiger partial charge in [0.05, 0.1) is 11.2 Å². The smallest absolute Gasteiger partial charge is 0.197 e. The van der Waals surface area contributed by atoms with Crippen LogP contribution in [0.25, 0.3) is 10.9 Å². The molecule has 1 aromatic heterocycles. The van der Waals surface area contributed by atoms with Gasteiger partial charge in [0.15, 0.2) is 5.11 Å². The maximum absolute atomic E-state index is 4.97. The van der Waals surface area contributed by atoms with Crippen LogP contribution in [0.4, 0.5) is 0 Å². The van der Waals surface area contributed by atoms with Gasteiger partial charge in [-0.2, -0.15) is 0 Å². The summed E-state index contributed by atoms with van der Waals surface area (Å²) < 4.78 is 0. The van der Waals surface area contributed by atoms with E-state index in [-0.39, 0.29) is 0 Å². The number of aromatic nitrogens is 1. The second-order valence-electron chi connectivity index (χ2n) is 3.86. The van der Waals surface area contributed by atoms with Gasteiger partial charge in [-0.3, -0.25) is 4.98 Å². The van der Waals surface area contributed by atoms with Gasteiger partial charge < -0.3 is 5.32 Å². The van der Waals surface area contributed by atoms with E-state index >= 15 is 0 Å². The van der Waals surface area contributed by atoms with Crippen molar-refractivity contribution < 1.29 is 0 Å². The van der Waals surface area contributed by atoms with Gasteiger partial charge in [0.2, 0.25) is 0 Å². The van der Waals surface area contributed by atoms with Crippen LogP contribution >= 0.6 is 12.2 Å². The quantitative estimate of drug-likeness (QED) is 0.817. The van der Waals surface area contributed by atoms with E-state index in [1.54, 1.807) is 0 Å². The fraction of sp³-hybridized carbons (Fsp3) is 0.0769. The molecule has 1 aromatic carbocycles. The molecule has 0 unspecified atom stereocenters. The Kier molecular flexibility index (Phi) is 2.49. The van der Waals surface area contributed by atoms with E-state index in [1.165, 1.54) is 10.9 Å². The number of thiocarbonyl (C=S) groups is 1. The van der Waals surface area contributed by atoms with Crippen LogP contribution in [0.1, 0.15) is 5.56 Å². The molecular formula is C13H10N3S. The average Bonchev–Trinajstić information content (AvgIpc) is 2.75.